The summed E-state index contributed by atoms with van der Waals surface area (Å²) in [6.07, 6.45) is 6.76. The standard InChI is InChI=1S/C25H25N2O6/c28-24(29)14-16-26-18-8-4-6-10-20(18)32-22(26)12-2-1-3-13-23-27(17-15-25(30)31)19-9-5-7-11-21(19)33-23/h1-12,24,28-29H,13-17H2/q+1/p+1/b3-1+,12-2+. The Morgan fingerprint density at radius 3 is 2.27 bits per heavy atom. The number of aliphatic carboxylic acids is 1. The number of allylic oxidation sites excluding steroid dienone is 3. The van der Waals surface area contributed by atoms with Gasteiger partial charge in [-0.3, -0.25) is 4.79 Å². The average Bonchev–Trinajstić information content (AvgIpc) is 3.33. The van der Waals surface area contributed by atoms with Crippen LogP contribution in [0, 0.1) is 0 Å². The van der Waals surface area contributed by atoms with Crippen molar-refractivity contribution in [3.05, 3.63) is 78.5 Å². The maximum absolute atomic E-state index is 11.0. The number of aryl methyl sites for hydroxylation is 2. The molecule has 0 amide bonds. The molecule has 0 unspecified atom stereocenters. The van der Waals surface area contributed by atoms with Gasteiger partial charge in [-0.15, -0.1) is 0 Å². The molecule has 0 atom stereocenters. The van der Waals surface area contributed by atoms with Crippen molar-refractivity contribution in [1.29, 1.82) is 0 Å². The molecule has 8 nitrogen and oxygen atoms in total. The predicted octanol–water partition coefficient (Wildman–Crippen LogP) is 2.74. The third-order valence-corrected chi connectivity index (χ3v) is 5.26. The summed E-state index contributed by atoms with van der Waals surface area (Å²) in [5.74, 6) is 0.421. The zero-order chi connectivity index (χ0) is 23.2. The van der Waals surface area contributed by atoms with E-state index in [1.54, 1.807) is 0 Å². The van der Waals surface area contributed by atoms with E-state index in [-0.39, 0.29) is 12.8 Å². The van der Waals surface area contributed by atoms with E-state index in [2.05, 4.69) is 0 Å². The Kier molecular flexibility index (Phi) is 6.97. The number of aliphatic hydroxyl groups excluding tert-OH is 1. The molecule has 8 heteroatoms. The van der Waals surface area contributed by atoms with Gasteiger partial charge in [0, 0.05) is 12.1 Å². The first-order valence-corrected chi connectivity index (χ1v) is 10.8. The molecule has 170 valence electrons. The van der Waals surface area contributed by atoms with Gasteiger partial charge in [0.2, 0.25) is 11.2 Å². The number of fused-ring (bicyclic) bond motifs is 2. The van der Waals surface area contributed by atoms with Crippen LogP contribution in [-0.4, -0.2) is 27.6 Å². The Balaban J connectivity index is 1.51. The third kappa shape index (κ3) is 5.36. The van der Waals surface area contributed by atoms with Crippen LogP contribution in [0.15, 0.2) is 75.6 Å². The first-order valence-electron chi connectivity index (χ1n) is 10.8. The number of benzene rings is 2. The second kappa shape index (κ2) is 10.2. The number of hydrogen-bond acceptors (Lipinski definition) is 5. The van der Waals surface area contributed by atoms with Crippen LogP contribution >= 0.6 is 0 Å². The van der Waals surface area contributed by atoms with Gasteiger partial charge in [-0.25, -0.2) is 0 Å². The van der Waals surface area contributed by atoms with Gasteiger partial charge >= 0.3 is 17.8 Å². The van der Waals surface area contributed by atoms with E-state index in [4.69, 9.17) is 13.9 Å². The predicted molar refractivity (Wildman–Crippen MR) is 120 cm³/mol. The molecule has 4 aromatic rings. The van der Waals surface area contributed by atoms with E-state index in [9.17, 15) is 15.0 Å². The smallest absolute Gasteiger partial charge is 0.374 e. The number of aromatic nitrogens is 2. The zero-order valence-corrected chi connectivity index (χ0v) is 18.0. The molecule has 0 radical (unpaired) electrons. The molecule has 0 spiro atoms. The van der Waals surface area contributed by atoms with Crippen molar-refractivity contribution >= 4 is 34.2 Å². The minimum absolute atomic E-state index is 0.0133. The van der Waals surface area contributed by atoms with Crippen molar-refractivity contribution in [2.24, 2.45) is 0 Å². The molecular weight excluding hydrogens is 424 g/mol. The molecule has 2 aromatic carbocycles. The number of nitrogens with zero attached hydrogens (tertiary/aromatic N) is 2. The lowest BCUT2D eigenvalue weighted by Gasteiger charge is -1.98. The Bertz CT molecular complexity index is 1320. The van der Waals surface area contributed by atoms with Crippen molar-refractivity contribution in [2.75, 3.05) is 0 Å². The summed E-state index contributed by atoms with van der Waals surface area (Å²) < 4.78 is 15.6. The molecule has 0 saturated carbocycles. The maximum Gasteiger partial charge on any atom is 0.374 e. The normalized spacial score (nSPS) is 12.2. The molecule has 0 aliphatic carbocycles. The summed E-state index contributed by atoms with van der Waals surface area (Å²) in [5.41, 5.74) is 3.18. The summed E-state index contributed by atoms with van der Waals surface area (Å²) in [5, 5.41) is 27.6. The Morgan fingerprint density at radius 1 is 0.909 bits per heavy atom. The largest absolute Gasteiger partial charge is 0.481 e. The summed E-state index contributed by atoms with van der Waals surface area (Å²) in [6.45, 7) is 0.738. The number of carboxylic acids is 1. The van der Waals surface area contributed by atoms with Crippen LogP contribution < -0.4 is 9.13 Å². The molecule has 0 aliphatic rings. The molecule has 0 fully saturated rings. The fourth-order valence-corrected chi connectivity index (χ4v) is 3.72. The molecule has 2 aromatic heterocycles. The maximum atomic E-state index is 11.0. The van der Waals surface area contributed by atoms with Gasteiger partial charge in [-0.1, -0.05) is 42.5 Å². The summed E-state index contributed by atoms with van der Waals surface area (Å²) >= 11 is 0. The molecule has 3 N–H and O–H groups in total. The summed E-state index contributed by atoms with van der Waals surface area (Å²) in [4.78, 5) is 11.0. The van der Waals surface area contributed by atoms with Gasteiger partial charge in [0.1, 0.15) is 6.42 Å². The lowest BCUT2D eigenvalue weighted by atomic mass is 10.3. The summed E-state index contributed by atoms with van der Waals surface area (Å²) in [6, 6.07) is 15.1. The van der Waals surface area contributed by atoms with E-state index < -0.39 is 12.3 Å². The minimum Gasteiger partial charge on any atom is -0.481 e. The van der Waals surface area contributed by atoms with Gasteiger partial charge in [-0.2, -0.15) is 9.13 Å². The zero-order valence-electron chi connectivity index (χ0n) is 18.0. The monoisotopic (exact) mass is 450 g/mol. The van der Waals surface area contributed by atoms with Gasteiger partial charge in [0.25, 0.3) is 11.0 Å². The van der Waals surface area contributed by atoms with Crippen LogP contribution in [0.3, 0.4) is 0 Å². The molecule has 0 bridgehead atoms. The lowest BCUT2D eigenvalue weighted by molar-refractivity contribution is -0.682. The van der Waals surface area contributed by atoms with E-state index in [0.717, 1.165) is 22.2 Å². The third-order valence-electron chi connectivity index (χ3n) is 5.26. The van der Waals surface area contributed by atoms with Crippen LogP contribution in [0.4, 0.5) is 0 Å². The number of rotatable bonds is 10. The first kappa shape index (κ1) is 22.4. The highest BCUT2D eigenvalue weighted by Crippen LogP contribution is 2.16. The van der Waals surface area contributed by atoms with Gasteiger partial charge in [0.15, 0.2) is 19.4 Å². The van der Waals surface area contributed by atoms with E-state index >= 15 is 0 Å². The highest BCUT2D eigenvalue weighted by molar-refractivity contribution is 5.70. The SMILES string of the molecule is O=C(O)CC[n+]1c(C/C=C/C=C/c2oc3ccccc3[n+]2CCC(O)O)oc2ccccc21. The van der Waals surface area contributed by atoms with Crippen LogP contribution in [0.1, 0.15) is 24.6 Å². The number of carbonyl (C=O) groups is 1. The number of oxazole rings is 2. The van der Waals surface area contributed by atoms with Crippen molar-refractivity contribution < 1.29 is 38.1 Å². The van der Waals surface area contributed by atoms with Gasteiger partial charge in [0.05, 0.1) is 18.9 Å². The molecule has 0 saturated heterocycles. The minimum atomic E-state index is -1.39. The highest BCUT2D eigenvalue weighted by Gasteiger charge is 2.22. The topological polar surface area (TPSA) is 112 Å². The van der Waals surface area contributed by atoms with Crippen molar-refractivity contribution in [1.82, 2.24) is 0 Å². The molecular formula is C25H26N2O6+2. The van der Waals surface area contributed by atoms with Crippen LogP contribution in [0.25, 0.3) is 28.3 Å². The molecule has 0 aliphatic heterocycles. The lowest BCUT2D eigenvalue weighted by Crippen LogP contribution is -2.37. The van der Waals surface area contributed by atoms with Crippen molar-refractivity contribution in [3.8, 4) is 0 Å². The molecule has 33 heavy (non-hydrogen) atoms. The molecule has 2 heterocycles. The summed E-state index contributed by atoms with van der Waals surface area (Å²) in [7, 11) is 0. The van der Waals surface area contributed by atoms with Crippen LogP contribution in [-0.2, 0) is 24.3 Å². The van der Waals surface area contributed by atoms with Gasteiger partial charge < -0.3 is 24.2 Å². The van der Waals surface area contributed by atoms with Gasteiger partial charge in [-0.05, 0) is 12.1 Å². The van der Waals surface area contributed by atoms with E-state index in [1.165, 1.54) is 0 Å². The average molecular weight is 450 g/mol. The number of carboxylic acid groups (broad SMARTS) is 1. The second-order valence-corrected chi connectivity index (χ2v) is 7.58. The van der Waals surface area contributed by atoms with Crippen LogP contribution in [0.2, 0.25) is 0 Å². The highest BCUT2D eigenvalue weighted by atomic mass is 16.5. The fourth-order valence-electron chi connectivity index (χ4n) is 3.72. The molecule has 4 rings (SSSR count). The Morgan fingerprint density at radius 2 is 1.58 bits per heavy atom. The van der Waals surface area contributed by atoms with Crippen molar-refractivity contribution in [3.63, 3.8) is 0 Å². The van der Waals surface area contributed by atoms with E-state index in [1.807, 2.05) is 82.0 Å². The number of aliphatic hydroxyl groups is 2. The fraction of sp³-hybridized carbons (Fsp3) is 0.240. The quantitative estimate of drug-likeness (QED) is 0.195. The van der Waals surface area contributed by atoms with Crippen molar-refractivity contribution in [2.45, 2.75) is 38.6 Å². The Labute approximate surface area is 189 Å². The number of para-hydroxylation sites is 4. The first-order chi connectivity index (χ1) is 16.0. The Hall–Kier alpha value is -3.75. The second-order valence-electron chi connectivity index (χ2n) is 7.58. The van der Waals surface area contributed by atoms with Crippen LogP contribution in [0.5, 0.6) is 0 Å². The number of hydrogen-bond donors (Lipinski definition) is 3. The van der Waals surface area contributed by atoms with E-state index in [0.29, 0.717) is 31.3 Å².